The van der Waals surface area contributed by atoms with Crippen molar-refractivity contribution in [1.82, 2.24) is 19.9 Å². The quantitative estimate of drug-likeness (QED) is 0.901. The van der Waals surface area contributed by atoms with Gasteiger partial charge in [0, 0.05) is 44.2 Å². The number of carbonyl (C=O) groups excluding carboxylic acids is 1. The molecule has 2 aromatic heterocycles. The summed E-state index contributed by atoms with van der Waals surface area (Å²) < 4.78 is 0. The first kappa shape index (κ1) is 17.3. The number of carbonyl (C=O) groups is 1. The van der Waals surface area contributed by atoms with Gasteiger partial charge < -0.3 is 14.9 Å². The molecule has 7 heteroatoms. The van der Waals surface area contributed by atoms with Gasteiger partial charge in [0.2, 0.25) is 0 Å². The third-order valence-electron chi connectivity index (χ3n) is 4.37. The van der Waals surface area contributed by atoms with Gasteiger partial charge in [-0.15, -0.1) is 0 Å². The molecule has 25 heavy (non-hydrogen) atoms. The topological polar surface area (TPSA) is 82.4 Å². The van der Waals surface area contributed by atoms with Gasteiger partial charge in [0.25, 0.3) is 5.91 Å². The van der Waals surface area contributed by atoms with Crippen LogP contribution in [0, 0.1) is 0 Å². The van der Waals surface area contributed by atoms with Gasteiger partial charge in [0.15, 0.2) is 5.82 Å². The van der Waals surface area contributed by atoms with Crippen LogP contribution in [0.4, 0.5) is 5.82 Å². The van der Waals surface area contributed by atoms with E-state index in [0.717, 1.165) is 22.6 Å². The molecule has 1 aliphatic heterocycles. The Morgan fingerprint density at radius 2 is 2.20 bits per heavy atom. The number of hydrogen-bond acceptors (Lipinski definition) is 6. The van der Waals surface area contributed by atoms with Crippen LogP contribution in [-0.2, 0) is 17.8 Å². The van der Waals surface area contributed by atoms with E-state index in [-0.39, 0.29) is 5.91 Å². The number of fused-ring (bicyclic) bond motifs is 1. The summed E-state index contributed by atoms with van der Waals surface area (Å²) in [5.41, 5.74) is 2.73. The fraction of sp³-hybridized carbons (Fsp3) is 0.444. The summed E-state index contributed by atoms with van der Waals surface area (Å²) in [4.78, 5) is 29.5. The molecule has 0 saturated carbocycles. The van der Waals surface area contributed by atoms with Crippen molar-refractivity contribution in [2.24, 2.45) is 0 Å². The maximum absolute atomic E-state index is 12.3. The van der Waals surface area contributed by atoms with E-state index >= 15 is 0 Å². The van der Waals surface area contributed by atoms with Crippen molar-refractivity contribution in [3.63, 3.8) is 0 Å². The Labute approximate surface area is 147 Å². The lowest BCUT2D eigenvalue weighted by Gasteiger charge is -2.31. The average Bonchev–Trinajstić information content (AvgIpc) is 2.65. The number of amides is 1. The molecule has 1 atom stereocenters. The maximum Gasteiger partial charge on any atom is 0.251 e. The normalized spacial score (nSPS) is 14.8. The minimum absolute atomic E-state index is 0.235. The Kier molecular flexibility index (Phi) is 4.94. The van der Waals surface area contributed by atoms with Gasteiger partial charge in [0.1, 0.15) is 11.9 Å². The molecular weight excluding hydrogens is 318 g/mol. The van der Waals surface area contributed by atoms with Crippen LogP contribution in [0.3, 0.4) is 0 Å². The SMILES string of the molecule is CCC(O)C(=O)N1CCc2c(nc(-c3cccnc3)nc2N(C)C)C1. The second-order valence-corrected chi connectivity index (χ2v) is 6.37. The fourth-order valence-electron chi connectivity index (χ4n) is 2.98. The molecule has 3 rings (SSSR count). The van der Waals surface area contributed by atoms with E-state index in [0.29, 0.717) is 31.8 Å². The second kappa shape index (κ2) is 7.14. The highest BCUT2D eigenvalue weighted by molar-refractivity contribution is 5.81. The molecule has 0 aromatic carbocycles. The number of aromatic nitrogens is 3. The Morgan fingerprint density at radius 3 is 2.84 bits per heavy atom. The van der Waals surface area contributed by atoms with Crippen molar-refractivity contribution in [1.29, 1.82) is 0 Å². The van der Waals surface area contributed by atoms with Gasteiger partial charge >= 0.3 is 0 Å². The van der Waals surface area contributed by atoms with Crippen molar-refractivity contribution in [3.8, 4) is 11.4 Å². The van der Waals surface area contributed by atoms with Crippen LogP contribution in [0.25, 0.3) is 11.4 Å². The number of hydrogen-bond donors (Lipinski definition) is 1. The van der Waals surface area contributed by atoms with Crippen LogP contribution in [0.1, 0.15) is 24.6 Å². The highest BCUT2D eigenvalue weighted by atomic mass is 16.3. The summed E-state index contributed by atoms with van der Waals surface area (Å²) in [6, 6.07) is 3.77. The summed E-state index contributed by atoms with van der Waals surface area (Å²) >= 11 is 0. The van der Waals surface area contributed by atoms with Gasteiger partial charge in [-0.25, -0.2) is 9.97 Å². The maximum atomic E-state index is 12.3. The zero-order valence-corrected chi connectivity index (χ0v) is 14.8. The predicted molar refractivity (Wildman–Crippen MR) is 95.0 cm³/mol. The van der Waals surface area contributed by atoms with Crippen LogP contribution in [0.15, 0.2) is 24.5 Å². The molecule has 1 amide bonds. The molecule has 0 radical (unpaired) electrons. The van der Waals surface area contributed by atoms with Crippen LogP contribution in [0.2, 0.25) is 0 Å². The van der Waals surface area contributed by atoms with E-state index in [2.05, 4.69) is 4.98 Å². The Balaban J connectivity index is 2.00. The van der Waals surface area contributed by atoms with Crippen LogP contribution >= 0.6 is 0 Å². The van der Waals surface area contributed by atoms with Crippen LogP contribution in [0.5, 0.6) is 0 Å². The second-order valence-electron chi connectivity index (χ2n) is 6.37. The molecule has 3 heterocycles. The Bertz CT molecular complexity index is 764. The molecule has 0 bridgehead atoms. The molecule has 0 spiro atoms. The van der Waals surface area contributed by atoms with E-state index in [4.69, 9.17) is 9.97 Å². The monoisotopic (exact) mass is 341 g/mol. The zero-order chi connectivity index (χ0) is 18.0. The molecule has 1 unspecified atom stereocenters. The summed E-state index contributed by atoms with van der Waals surface area (Å²) in [6.07, 6.45) is 3.58. The largest absolute Gasteiger partial charge is 0.383 e. The smallest absolute Gasteiger partial charge is 0.251 e. The number of pyridine rings is 1. The Hall–Kier alpha value is -2.54. The van der Waals surface area contributed by atoms with Gasteiger partial charge in [-0.05, 0) is 25.0 Å². The van der Waals surface area contributed by atoms with Crippen molar-refractivity contribution in [3.05, 3.63) is 35.8 Å². The van der Waals surface area contributed by atoms with Gasteiger partial charge in [-0.2, -0.15) is 0 Å². The standard InChI is InChI=1S/C18H23N5O2/c1-4-15(24)18(25)23-9-7-13-14(11-23)20-16(21-17(13)22(2)3)12-6-5-8-19-10-12/h5-6,8,10,15,24H,4,7,9,11H2,1-3H3. The molecule has 1 N–H and O–H groups in total. The highest BCUT2D eigenvalue weighted by Crippen LogP contribution is 2.28. The van der Waals surface area contributed by atoms with E-state index in [1.165, 1.54) is 0 Å². The van der Waals surface area contributed by atoms with Gasteiger partial charge in [0.05, 0.1) is 12.2 Å². The molecule has 1 aliphatic rings. The lowest BCUT2D eigenvalue weighted by atomic mass is 10.0. The van der Waals surface area contributed by atoms with Crippen molar-refractivity contribution in [2.45, 2.75) is 32.4 Å². The molecule has 132 valence electrons. The summed E-state index contributed by atoms with van der Waals surface area (Å²) in [6.45, 7) is 2.76. The molecule has 0 fully saturated rings. The molecular formula is C18H23N5O2. The molecule has 7 nitrogen and oxygen atoms in total. The Morgan fingerprint density at radius 1 is 1.40 bits per heavy atom. The number of anilines is 1. The van der Waals surface area contributed by atoms with Crippen molar-refractivity contribution in [2.75, 3.05) is 25.5 Å². The fourth-order valence-corrected chi connectivity index (χ4v) is 2.98. The third kappa shape index (κ3) is 3.46. The van der Waals surface area contributed by atoms with E-state index < -0.39 is 6.10 Å². The van der Waals surface area contributed by atoms with Crippen LogP contribution < -0.4 is 4.90 Å². The summed E-state index contributed by atoms with van der Waals surface area (Å²) in [5, 5.41) is 9.86. The number of aliphatic hydroxyl groups is 1. The average molecular weight is 341 g/mol. The van der Waals surface area contributed by atoms with Crippen molar-refractivity contribution < 1.29 is 9.90 Å². The molecule has 0 saturated heterocycles. The van der Waals surface area contributed by atoms with E-state index in [9.17, 15) is 9.90 Å². The first-order valence-electron chi connectivity index (χ1n) is 8.45. The highest BCUT2D eigenvalue weighted by Gasteiger charge is 2.28. The lowest BCUT2D eigenvalue weighted by Crippen LogP contribution is -2.42. The van der Waals surface area contributed by atoms with Crippen LogP contribution in [-0.4, -0.2) is 57.6 Å². The predicted octanol–water partition coefficient (Wildman–Crippen LogP) is 1.26. The number of aliphatic hydroxyl groups excluding tert-OH is 1. The summed E-state index contributed by atoms with van der Waals surface area (Å²) in [7, 11) is 3.90. The first-order chi connectivity index (χ1) is 12.0. The lowest BCUT2D eigenvalue weighted by molar-refractivity contribution is -0.141. The summed E-state index contributed by atoms with van der Waals surface area (Å²) in [5.74, 6) is 1.23. The van der Waals surface area contributed by atoms with E-state index in [1.807, 2.05) is 31.1 Å². The van der Waals surface area contributed by atoms with Crippen molar-refractivity contribution >= 4 is 11.7 Å². The zero-order valence-electron chi connectivity index (χ0n) is 14.8. The number of nitrogens with zero attached hydrogens (tertiary/aromatic N) is 5. The third-order valence-corrected chi connectivity index (χ3v) is 4.37. The number of rotatable bonds is 4. The first-order valence-corrected chi connectivity index (χ1v) is 8.45. The minimum Gasteiger partial charge on any atom is -0.383 e. The van der Waals surface area contributed by atoms with E-state index in [1.54, 1.807) is 24.2 Å². The van der Waals surface area contributed by atoms with Gasteiger partial charge in [-0.1, -0.05) is 6.92 Å². The molecule has 0 aliphatic carbocycles. The minimum atomic E-state index is -0.950. The van der Waals surface area contributed by atoms with Gasteiger partial charge in [-0.3, -0.25) is 9.78 Å². The molecule has 2 aromatic rings.